The van der Waals surface area contributed by atoms with Crippen molar-refractivity contribution in [2.24, 2.45) is 0 Å². The van der Waals surface area contributed by atoms with Gasteiger partial charge in [0.25, 0.3) is 5.56 Å². The summed E-state index contributed by atoms with van der Waals surface area (Å²) < 4.78 is 6.57. The highest BCUT2D eigenvalue weighted by Crippen LogP contribution is 2.38. The topological polar surface area (TPSA) is 144 Å². The summed E-state index contributed by atoms with van der Waals surface area (Å²) >= 11 is 0. The van der Waals surface area contributed by atoms with Gasteiger partial charge in [0.2, 0.25) is 0 Å². The van der Waals surface area contributed by atoms with Crippen LogP contribution in [0.25, 0.3) is 11.0 Å². The minimum absolute atomic E-state index is 0.177. The Labute approximate surface area is 124 Å². The van der Waals surface area contributed by atoms with E-state index in [1.807, 2.05) is 0 Å². The van der Waals surface area contributed by atoms with Crippen LogP contribution < -0.4 is 11.3 Å². The normalized spacial score (nSPS) is 31.7. The summed E-state index contributed by atoms with van der Waals surface area (Å²) in [5.41, 5.74) is 3.67. The first kappa shape index (κ1) is 14.9. The summed E-state index contributed by atoms with van der Waals surface area (Å²) in [6.07, 6.45) is -2.40. The molecule has 3 heterocycles. The van der Waals surface area contributed by atoms with Gasteiger partial charge in [0.05, 0.1) is 12.0 Å². The third-order valence-electron chi connectivity index (χ3n) is 3.92. The van der Waals surface area contributed by atoms with E-state index < -0.39 is 36.2 Å². The molecule has 0 aromatic carbocycles. The highest BCUT2D eigenvalue weighted by molar-refractivity contribution is 5.85. The van der Waals surface area contributed by atoms with Crippen LogP contribution in [-0.2, 0) is 4.74 Å². The van der Waals surface area contributed by atoms with Gasteiger partial charge >= 0.3 is 0 Å². The maximum Gasteiger partial charge on any atom is 0.254 e. The lowest BCUT2D eigenvalue weighted by molar-refractivity contribution is -0.0963. The van der Waals surface area contributed by atoms with Gasteiger partial charge in [-0.15, -0.1) is 0 Å². The summed E-state index contributed by atoms with van der Waals surface area (Å²) in [6.45, 7) is 0.832. The van der Waals surface area contributed by atoms with Crippen molar-refractivity contribution in [3.8, 4) is 0 Å². The molecule has 0 aliphatic carbocycles. The van der Waals surface area contributed by atoms with Crippen LogP contribution in [0.2, 0.25) is 0 Å². The monoisotopic (exact) mass is 308 g/mol. The highest BCUT2D eigenvalue weighted by Gasteiger charge is 2.53. The quantitative estimate of drug-likeness (QED) is 0.518. The average Bonchev–Trinajstić information content (AvgIpc) is 2.70. The first-order valence-electron chi connectivity index (χ1n) is 6.66. The molecule has 1 saturated heterocycles. The second-order valence-electron chi connectivity index (χ2n) is 5.42. The Morgan fingerprint density at radius 3 is 2.82 bits per heavy atom. The molecule has 9 heteroatoms. The van der Waals surface area contributed by atoms with Gasteiger partial charge in [-0.1, -0.05) is 0 Å². The van der Waals surface area contributed by atoms with Crippen molar-refractivity contribution in [2.45, 2.75) is 31.0 Å². The number of fused-ring (bicyclic) bond motifs is 1. The first-order valence-corrected chi connectivity index (χ1v) is 6.66. The number of anilines is 1. The lowest BCUT2D eigenvalue weighted by Gasteiger charge is -2.28. The number of hydrogen-bond acceptors (Lipinski definition) is 8. The van der Waals surface area contributed by atoms with Crippen molar-refractivity contribution in [2.75, 3.05) is 12.3 Å². The first-order chi connectivity index (χ1) is 10.4. The van der Waals surface area contributed by atoms with E-state index in [1.54, 1.807) is 0 Å². The Morgan fingerprint density at radius 2 is 2.18 bits per heavy atom. The molecule has 0 amide bonds. The van der Waals surface area contributed by atoms with Crippen molar-refractivity contribution < 1.29 is 20.1 Å². The van der Waals surface area contributed by atoms with Gasteiger partial charge in [-0.3, -0.25) is 9.36 Å². The molecule has 2 unspecified atom stereocenters. The van der Waals surface area contributed by atoms with Crippen LogP contribution >= 0.6 is 0 Å². The maximum absolute atomic E-state index is 12.2. The van der Waals surface area contributed by atoms with E-state index in [-0.39, 0.29) is 11.5 Å². The number of nitrogens with zero attached hydrogens (tertiary/aromatic N) is 3. The molecular formula is C13H16N4O5. The number of nitrogens with two attached hydrogens (primary N) is 1. The number of aliphatic hydroxyl groups excluding tert-OH is 2. The molecule has 9 nitrogen and oxygen atoms in total. The lowest BCUT2D eigenvalue weighted by Crippen LogP contribution is -2.46. The van der Waals surface area contributed by atoms with Gasteiger partial charge in [0.15, 0.2) is 11.9 Å². The molecule has 0 bridgehead atoms. The standard InChI is InChI=1S/C13H16N4O5/c1-13(21)9(20)7(4-18)22-12(13)17-8(19)3-2-6-10(14)15-5-16-11(6)17/h2-3,5,7,9,12,18,20-21H,4H2,1H3,(H2,14,15,16)/t7?,9-,12?,13-/m1/s1. The molecule has 0 spiro atoms. The molecule has 1 aliphatic rings. The van der Waals surface area contributed by atoms with Crippen LogP contribution in [0.15, 0.2) is 23.3 Å². The molecular weight excluding hydrogens is 292 g/mol. The third kappa shape index (κ3) is 1.98. The number of ether oxygens (including phenoxy) is 1. The Morgan fingerprint density at radius 1 is 1.45 bits per heavy atom. The zero-order valence-electron chi connectivity index (χ0n) is 11.7. The Balaban J connectivity index is 2.24. The Kier molecular flexibility index (Phi) is 3.37. The summed E-state index contributed by atoms with van der Waals surface area (Å²) in [4.78, 5) is 20.1. The van der Waals surface area contributed by atoms with E-state index in [0.717, 1.165) is 4.57 Å². The van der Waals surface area contributed by atoms with Crippen LogP contribution in [0.1, 0.15) is 13.2 Å². The largest absolute Gasteiger partial charge is 0.394 e. The summed E-state index contributed by atoms with van der Waals surface area (Å²) in [6, 6.07) is 2.73. The van der Waals surface area contributed by atoms with Crippen molar-refractivity contribution in [3.63, 3.8) is 0 Å². The molecule has 1 fully saturated rings. The molecule has 22 heavy (non-hydrogen) atoms. The number of pyridine rings is 1. The second kappa shape index (κ2) is 4.99. The summed E-state index contributed by atoms with van der Waals surface area (Å²) in [5.74, 6) is 0.177. The minimum Gasteiger partial charge on any atom is -0.394 e. The smallest absolute Gasteiger partial charge is 0.254 e. The zero-order chi connectivity index (χ0) is 16.1. The van der Waals surface area contributed by atoms with Gasteiger partial charge in [0.1, 0.15) is 30.0 Å². The predicted octanol–water partition coefficient (Wildman–Crippen LogP) is -1.62. The molecule has 118 valence electrons. The molecule has 0 saturated carbocycles. The molecule has 3 rings (SSSR count). The molecule has 1 aliphatic heterocycles. The highest BCUT2D eigenvalue weighted by atomic mass is 16.6. The summed E-state index contributed by atoms with van der Waals surface area (Å²) in [5, 5.41) is 30.2. The van der Waals surface area contributed by atoms with E-state index in [9.17, 15) is 20.1 Å². The van der Waals surface area contributed by atoms with Crippen LogP contribution in [0, 0.1) is 0 Å². The van der Waals surface area contributed by atoms with Gasteiger partial charge in [-0.2, -0.15) is 0 Å². The van der Waals surface area contributed by atoms with Crippen LogP contribution in [0.5, 0.6) is 0 Å². The fourth-order valence-corrected chi connectivity index (χ4v) is 2.68. The van der Waals surface area contributed by atoms with Gasteiger partial charge in [-0.25, -0.2) is 9.97 Å². The fourth-order valence-electron chi connectivity index (χ4n) is 2.68. The minimum atomic E-state index is -1.79. The molecule has 4 atom stereocenters. The van der Waals surface area contributed by atoms with E-state index in [4.69, 9.17) is 10.5 Å². The summed E-state index contributed by atoms with van der Waals surface area (Å²) in [7, 11) is 0. The van der Waals surface area contributed by atoms with Crippen molar-refractivity contribution >= 4 is 16.9 Å². The zero-order valence-corrected chi connectivity index (χ0v) is 11.7. The van der Waals surface area contributed by atoms with Crippen LogP contribution in [0.4, 0.5) is 5.82 Å². The van der Waals surface area contributed by atoms with E-state index >= 15 is 0 Å². The van der Waals surface area contributed by atoms with Crippen molar-refractivity contribution in [3.05, 3.63) is 28.8 Å². The molecule has 5 N–H and O–H groups in total. The predicted molar refractivity (Wildman–Crippen MR) is 75.8 cm³/mol. The molecule has 2 aromatic rings. The Bertz CT molecular complexity index is 775. The molecule has 0 radical (unpaired) electrons. The van der Waals surface area contributed by atoms with Crippen molar-refractivity contribution in [1.82, 2.24) is 14.5 Å². The Hall–Kier alpha value is -2.07. The van der Waals surface area contributed by atoms with Crippen molar-refractivity contribution in [1.29, 1.82) is 0 Å². The SMILES string of the molecule is C[C@]1(O)C(n2c(=O)ccc3c(N)ncnc32)OC(CO)[C@H]1O. The van der Waals surface area contributed by atoms with Crippen LogP contribution in [-0.4, -0.2) is 54.3 Å². The van der Waals surface area contributed by atoms with Gasteiger partial charge < -0.3 is 25.8 Å². The lowest BCUT2D eigenvalue weighted by atomic mass is 9.96. The number of rotatable bonds is 2. The average molecular weight is 308 g/mol. The number of aromatic nitrogens is 3. The fraction of sp³-hybridized carbons (Fsp3) is 0.462. The van der Waals surface area contributed by atoms with Gasteiger partial charge in [0, 0.05) is 6.07 Å². The van der Waals surface area contributed by atoms with Crippen LogP contribution in [0.3, 0.4) is 0 Å². The molecule has 2 aromatic heterocycles. The third-order valence-corrected chi connectivity index (χ3v) is 3.92. The van der Waals surface area contributed by atoms with E-state index in [0.29, 0.717) is 5.39 Å². The van der Waals surface area contributed by atoms with E-state index in [1.165, 1.54) is 25.4 Å². The number of hydrogen-bond donors (Lipinski definition) is 4. The van der Waals surface area contributed by atoms with Gasteiger partial charge in [-0.05, 0) is 13.0 Å². The van der Waals surface area contributed by atoms with E-state index in [2.05, 4.69) is 9.97 Å². The number of aliphatic hydroxyl groups is 3. The number of nitrogen functional groups attached to an aromatic ring is 1. The second-order valence-corrected chi connectivity index (χ2v) is 5.42. The maximum atomic E-state index is 12.2.